The van der Waals surface area contributed by atoms with Gasteiger partial charge in [-0.15, -0.1) is 0 Å². The Bertz CT molecular complexity index is 1060. The highest BCUT2D eigenvalue weighted by molar-refractivity contribution is 5.27. The first-order chi connectivity index (χ1) is 23.0. The van der Waals surface area contributed by atoms with Crippen LogP contribution >= 0.6 is 0 Å². The number of benzene rings is 2. The summed E-state index contributed by atoms with van der Waals surface area (Å²) >= 11 is 0. The molecule has 1 heteroatoms. The number of rotatable bonds is 12. The zero-order chi connectivity index (χ0) is 32.6. The largest absolute Gasteiger partial charge is 0.365 e. The Hall–Kier alpha value is -1.60. The van der Waals surface area contributed by atoms with Crippen LogP contribution in [0, 0.1) is 47.3 Å². The number of hydrogen-bond acceptors (Lipinski definition) is 1. The summed E-state index contributed by atoms with van der Waals surface area (Å²) in [6.45, 7) is 9.53. The van der Waals surface area contributed by atoms with Crippen molar-refractivity contribution < 1.29 is 4.74 Å². The molecule has 4 saturated carbocycles. The maximum absolute atomic E-state index is 7.69. The topological polar surface area (TPSA) is 9.23 Å². The third-order valence-electron chi connectivity index (χ3n) is 13.9. The Morgan fingerprint density at radius 2 is 0.745 bits per heavy atom. The Labute approximate surface area is 290 Å². The lowest BCUT2D eigenvalue weighted by molar-refractivity contribution is -0.0934. The van der Waals surface area contributed by atoms with Gasteiger partial charge in [0.1, 0.15) is 0 Å². The van der Waals surface area contributed by atoms with E-state index < -0.39 is 0 Å². The van der Waals surface area contributed by atoms with E-state index in [1.54, 1.807) is 0 Å². The van der Waals surface area contributed by atoms with Gasteiger partial charge in [0.15, 0.2) is 0 Å². The van der Waals surface area contributed by atoms with Gasteiger partial charge in [0.05, 0.1) is 12.2 Å². The van der Waals surface area contributed by atoms with Crippen LogP contribution in [0.3, 0.4) is 0 Å². The second-order valence-electron chi connectivity index (χ2n) is 17.4. The standard InChI is InChI=1S/C46H70O/c1-5-7-35-13-21-41(22-14-35)45(43-29-25-39(26-30-43)37-17-9-33(3)10-18-37)47-46(42-23-15-36(8-6-2)16-24-42)44-31-27-40(28-32-44)38-19-11-34(4)12-20-38/h13-16,21-24,33-34,37-40,43-46H,5-12,17-20,25-32H2,1-4H3/t33-,34-,37-,38-,39-,40-,43-,44-,45?,46?. The molecule has 2 aromatic rings. The summed E-state index contributed by atoms with van der Waals surface area (Å²) in [6, 6.07) is 19.5. The molecule has 0 aliphatic heterocycles. The van der Waals surface area contributed by atoms with Gasteiger partial charge in [-0.25, -0.2) is 0 Å². The molecule has 4 aliphatic carbocycles. The average Bonchev–Trinajstić information content (AvgIpc) is 3.11. The highest BCUT2D eigenvalue weighted by Gasteiger charge is 2.38. The van der Waals surface area contributed by atoms with Crippen LogP contribution in [0.2, 0.25) is 0 Å². The molecular formula is C46H70O. The molecule has 6 rings (SSSR count). The van der Waals surface area contributed by atoms with E-state index in [-0.39, 0.29) is 12.2 Å². The quantitative estimate of drug-likeness (QED) is 0.225. The summed E-state index contributed by atoms with van der Waals surface area (Å²) in [5, 5.41) is 0. The summed E-state index contributed by atoms with van der Waals surface area (Å²) in [6.07, 6.45) is 28.0. The van der Waals surface area contributed by atoms with Crippen LogP contribution in [0.15, 0.2) is 48.5 Å². The predicted octanol–water partition coefficient (Wildman–Crippen LogP) is 13.7. The molecule has 0 heterocycles. The molecule has 4 aliphatic rings. The first kappa shape index (κ1) is 35.2. The van der Waals surface area contributed by atoms with Gasteiger partial charge in [-0.2, -0.15) is 0 Å². The lowest BCUT2D eigenvalue weighted by Crippen LogP contribution is -2.31. The predicted molar refractivity (Wildman–Crippen MR) is 201 cm³/mol. The minimum atomic E-state index is 0.205. The van der Waals surface area contributed by atoms with Crippen molar-refractivity contribution in [2.45, 2.75) is 168 Å². The van der Waals surface area contributed by atoms with E-state index in [9.17, 15) is 0 Å². The summed E-state index contributed by atoms with van der Waals surface area (Å²) in [4.78, 5) is 0. The monoisotopic (exact) mass is 639 g/mol. The maximum Gasteiger partial charge on any atom is 0.0861 e. The van der Waals surface area contributed by atoms with E-state index in [1.165, 1.54) is 151 Å². The maximum atomic E-state index is 7.69. The summed E-state index contributed by atoms with van der Waals surface area (Å²) in [5.41, 5.74) is 5.84. The summed E-state index contributed by atoms with van der Waals surface area (Å²) in [7, 11) is 0. The zero-order valence-corrected chi connectivity index (χ0v) is 30.9. The molecule has 2 unspecified atom stereocenters. The van der Waals surface area contributed by atoms with Crippen molar-refractivity contribution in [1.29, 1.82) is 0 Å². The second-order valence-corrected chi connectivity index (χ2v) is 17.4. The van der Waals surface area contributed by atoms with Crippen molar-refractivity contribution in [3.63, 3.8) is 0 Å². The van der Waals surface area contributed by atoms with Crippen molar-refractivity contribution in [3.8, 4) is 0 Å². The molecule has 47 heavy (non-hydrogen) atoms. The van der Waals surface area contributed by atoms with Crippen LogP contribution in [-0.4, -0.2) is 0 Å². The van der Waals surface area contributed by atoms with E-state index in [2.05, 4.69) is 76.2 Å². The molecular weight excluding hydrogens is 569 g/mol. The van der Waals surface area contributed by atoms with E-state index in [0.717, 1.165) is 35.5 Å². The van der Waals surface area contributed by atoms with Crippen LogP contribution in [0.5, 0.6) is 0 Å². The molecule has 0 bridgehead atoms. The minimum absolute atomic E-state index is 0.205. The van der Waals surface area contributed by atoms with E-state index in [0.29, 0.717) is 11.8 Å². The Kier molecular flexibility index (Phi) is 13.0. The van der Waals surface area contributed by atoms with Gasteiger partial charge < -0.3 is 4.74 Å². The number of hydrogen-bond donors (Lipinski definition) is 0. The number of ether oxygens (including phenoxy) is 1. The number of aryl methyl sites for hydroxylation is 2. The molecule has 2 aromatic carbocycles. The van der Waals surface area contributed by atoms with Crippen molar-refractivity contribution in [1.82, 2.24) is 0 Å². The van der Waals surface area contributed by atoms with Crippen LogP contribution in [0.1, 0.15) is 178 Å². The second kappa shape index (κ2) is 17.4. The van der Waals surface area contributed by atoms with E-state index in [4.69, 9.17) is 4.74 Å². The smallest absolute Gasteiger partial charge is 0.0861 e. The van der Waals surface area contributed by atoms with E-state index >= 15 is 0 Å². The van der Waals surface area contributed by atoms with E-state index in [1.807, 2.05) is 0 Å². The molecule has 0 radical (unpaired) electrons. The van der Waals surface area contributed by atoms with Crippen LogP contribution in [-0.2, 0) is 17.6 Å². The third-order valence-corrected chi connectivity index (χ3v) is 13.9. The van der Waals surface area contributed by atoms with Gasteiger partial charge in [-0.05, 0) is 159 Å². The molecule has 1 nitrogen and oxygen atoms in total. The molecule has 0 amide bonds. The summed E-state index contributed by atoms with van der Waals surface area (Å²) < 4.78 is 7.69. The van der Waals surface area contributed by atoms with Crippen LogP contribution < -0.4 is 0 Å². The first-order valence-corrected chi connectivity index (χ1v) is 20.8. The lowest BCUT2D eigenvalue weighted by atomic mass is 9.67. The van der Waals surface area contributed by atoms with Crippen molar-refractivity contribution in [2.75, 3.05) is 0 Å². The van der Waals surface area contributed by atoms with Crippen LogP contribution in [0.25, 0.3) is 0 Å². The Morgan fingerprint density at radius 3 is 1.04 bits per heavy atom. The fraction of sp³-hybridized carbons (Fsp3) is 0.739. The first-order valence-electron chi connectivity index (χ1n) is 20.8. The lowest BCUT2D eigenvalue weighted by Gasteiger charge is -2.43. The SMILES string of the molecule is CCCc1ccc(C(OC(c2ccc(CCC)cc2)[C@H]2CC[C@H]([C@H]3CC[C@H](C)CC3)CC2)[C@H]2CC[C@H]([C@H]3CC[C@H](C)CC3)CC2)cc1. The van der Waals surface area contributed by atoms with Gasteiger partial charge in [0.2, 0.25) is 0 Å². The molecule has 0 spiro atoms. The minimum Gasteiger partial charge on any atom is -0.365 e. The Balaban J connectivity index is 1.21. The highest BCUT2D eigenvalue weighted by atomic mass is 16.5. The normalized spacial score (nSPS) is 33.3. The van der Waals surface area contributed by atoms with Crippen LogP contribution in [0.4, 0.5) is 0 Å². The molecule has 260 valence electrons. The van der Waals surface area contributed by atoms with Crippen molar-refractivity contribution in [3.05, 3.63) is 70.8 Å². The average molecular weight is 639 g/mol. The fourth-order valence-electron chi connectivity index (χ4n) is 10.8. The van der Waals surface area contributed by atoms with Gasteiger partial charge >= 0.3 is 0 Å². The molecule has 4 fully saturated rings. The van der Waals surface area contributed by atoms with Gasteiger partial charge in [0, 0.05) is 0 Å². The highest BCUT2D eigenvalue weighted by Crippen LogP contribution is 2.50. The van der Waals surface area contributed by atoms with Crippen molar-refractivity contribution >= 4 is 0 Å². The molecule has 2 atom stereocenters. The molecule has 0 saturated heterocycles. The Morgan fingerprint density at radius 1 is 0.447 bits per heavy atom. The molecule has 0 aromatic heterocycles. The molecule has 0 N–H and O–H groups in total. The fourth-order valence-corrected chi connectivity index (χ4v) is 10.8. The van der Waals surface area contributed by atoms with Gasteiger partial charge in [0.25, 0.3) is 0 Å². The van der Waals surface area contributed by atoms with Gasteiger partial charge in [-0.3, -0.25) is 0 Å². The van der Waals surface area contributed by atoms with Crippen molar-refractivity contribution in [2.24, 2.45) is 47.3 Å². The zero-order valence-electron chi connectivity index (χ0n) is 30.9. The summed E-state index contributed by atoms with van der Waals surface area (Å²) in [5.74, 6) is 7.03. The van der Waals surface area contributed by atoms with Gasteiger partial charge in [-0.1, -0.05) is 115 Å². The third kappa shape index (κ3) is 9.35.